The van der Waals surface area contributed by atoms with Crippen molar-refractivity contribution in [1.82, 2.24) is 0 Å². The highest BCUT2D eigenvalue weighted by molar-refractivity contribution is 6.04. The van der Waals surface area contributed by atoms with E-state index < -0.39 is 29.8 Å². The fourth-order valence-electron chi connectivity index (χ4n) is 2.57. The lowest BCUT2D eigenvalue weighted by Crippen LogP contribution is -2.46. The van der Waals surface area contributed by atoms with E-state index in [2.05, 4.69) is 5.32 Å². The highest BCUT2D eigenvalue weighted by atomic mass is 19.4. The fourth-order valence-corrected chi connectivity index (χ4v) is 2.57. The molecule has 0 unspecified atom stereocenters. The second kappa shape index (κ2) is 9.64. The van der Waals surface area contributed by atoms with Crippen LogP contribution in [-0.2, 0) is 27.1 Å². The van der Waals surface area contributed by atoms with Crippen LogP contribution < -0.4 is 11.1 Å². The number of carbonyl (C=O) groups excluding carboxylic acids is 3. The Balaban J connectivity index is 1.98. The topological polar surface area (TPSA) is 98.5 Å². The van der Waals surface area contributed by atoms with Crippen molar-refractivity contribution in [3.63, 3.8) is 0 Å². The molecular formula is C21H21F3N2O4. The number of alkyl halides is 3. The van der Waals surface area contributed by atoms with Gasteiger partial charge in [-0.2, -0.15) is 13.2 Å². The maximum Gasteiger partial charge on any atom is 0.416 e. The smallest absolute Gasteiger partial charge is 0.364 e. The number of nitrogens with one attached hydrogen (secondary N) is 1. The molecule has 0 aliphatic rings. The van der Waals surface area contributed by atoms with Crippen molar-refractivity contribution in [3.8, 4) is 0 Å². The van der Waals surface area contributed by atoms with Crippen molar-refractivity contribution in [2.45, 2.75) is 38.8 Å². The molecular weight excluding hydrogens is 401 g/mol. The highest BCUT2D eigenvalue weighted by Crippen LogP contribution is 2.29. The highest BCUT2D eigenvalue weighted by Gasteiger charge is 2.30. The molecule has 6 nitrogen and oxygen atoms in total. The van der Waals surface area contributed by atoms with E-state index in [0.29, 0.717) is 11.3 Å². The van der Waals surface area contributed by atoms with Gasteiger partial charge in [0.05, 0.1) is 18.2 Å². The number of hydrogen-bond donors (Lipinski definition) is 2. The Kier molecular flexibility index (Phi) is 7.47. The van der Waals surface area contributed by atoms with Crippen LogP contribution in [0.2, 0.25) is 0 Å². The van der Waals surface area contributed by atoms with Gasteiger partial charge in [-0.05, 0) is 55.8 Å². The van der Waals surface area contributed by atoms with Crippen molar-refractivity contribution in [2.75, 3.05) is 5.32 Å². The summed E-state index contributed by atoms with van der Waals surface area (Å²) >= 11 is 0. The van der Waals surface area contributed by atoms with Crippen molar-refractivity contribution in [3.05, 3.63) is 65.2 Å². The Labute approximate surface area is 171 Å². The summed E-state index contributed by atoms with van der Waals surface area (Å²) in [6, 6.07) is 9.25. The van der Waals surface area contributed by atoms with Gasteiger partial charge in [0.25, 0.3) is 5.91 Å². The van der Waals surface area contributed by atoms with Crippen molar-refractivity contribution in [1.29, 1.82) is 0 Å². The summed E-state index contributed by atoms with van der Waals surface area (Å²) in [6.45, 7) is 2.59. The van der Waals surface area contributed by atoms with E-state index in [1.54, 1.807) is 24.3 Å². The van der Waals surface area contributed by atoms with Gasteiger partial charge in [-0.25, -0.2) is 0 Å². The Hall–Kier alpha value is -3.04. The first-order valence-electron chi connectivity index (χ1n) is 8.94. The van der Waals surface area contributed by atoms with E-state index in [4.69, 9.17) is 10.5 Å². The molecule has 0 aliphatic heterocycles. The van der Waals surface area contributed by atoms with E-state index in [0.717, 1.165) is 24.3 Å². The molecule has 9 heteroatoms. The van der Waals surface area contributed by atoms with Crippen LogP contribution in [0.15, 0.2) is 48.5 Å². The summed E-state index contributed by atoms with van der Waals surface area (Å²) in [5.41, 5.74) is 6.03. The second-order valence-corrected chi connectivity index (χ2v) is 6.70. The predicted molar refractivity (Wildman–Crippen MR) is 104 cm³/mol. The minimum atomic E-state index is -4.47. The monoisotopic (exact) mass is 422 g/mol. The number of hydrogen-bond acceptors (Lipinski definition) is 5. The van der Waals surface area contributed by atoms with E-state index in [9.17, 15) is 27.6 Å². The van der Waals surface area contributed by atoms with Gasteiger partial charge < -0.3 is 15.8 Å². The third-order valence-corrected chi connectivity index (χ3v) is 4.31. The Morgan fingerprint density at radius 1 is 0.967 bits per heavy atom. The zero-order chi connectivity index (χ0) is 22.5. The lowest BCUT2D eigenvalue weighted by atomic mass is 10.1. The number of carbonyl (C=O) groups is 3. The number of anilines is 1. The molecule has 2 aromatic rings. The number of rotatable bonds is 8. The van der Waals surface area contributed by atoms with E-state index >= 15 is 0 Å². The number of ether oxygens (including phenoxy) is 1. The molecule has 0 heterocycles. The van der Waals surface area contributed by atoms with Crippen LogP contribution in [0.3, 0.4) is 0 Å². The van der Waals surface area contributed by atoms with Gasteiger partial charge in [0.15, 0.2) is 5.78 Å². The number of amides is 1. The number of ketones is 2. The zero-order valence-corrected chi connectivity index (χ0v) is 16.3. The molecule has 0 saturated carbocycles. The standard InChI is InChI=1S/C21H21F3N2O4/c1-12(27)18(25)19(13(2)28)30-11-14-3-9-17(10-4-14)26-20(29)15-5-7-16(8-6-15)21(22,23)24/h3-10,18-19H,11,25H2,1-2H3,(H,26,29)/t18-,19-/m1/s1. The van der Waals surface area contributed by atoms with Gasteiger partial charge in [-0.1, -0.05) is 12.1 Å². The van der Waals surface area contributed by atoms with Gasteiger partial charge >= 0.3 is 6.18 Å². The van der Waals surface area contributed by atoms with Crippen LogP contribution >= 0.6 is 0 Å². The largest absolute Gasteiger partial charge is 0.416 e. The first-order valence-corrected chi connectivity index (χ1v) is 8.94. The molecule has 0 aromatic heterocycles. The molecule has 0 spiro atoms. The van der Waals surface area contributed by atoms with Crippen LogP contribution in [0, 0.1) is 0 Å². The summed E-state index contributed by atoms with van der Waals surface area (Å²) in [6.07, 6.45) is -5.52. The lowest BCUT2D eigenvalue weighted by molar-refractivity contribution is -0.137. The molecule has 0 bridgehead atoms. The summed E-state index contributed by atoms with van der Waals surface area (Å²) in [4.78, 5) is 35.2. The van der Waals surface area contributed by atoms with Gasteiger partial charge in [-0.15, -0.1) is 0 Å². The molecule has 0 fully saturated rings. The fraction of sp³-hybridized carbons (Fsp3) is 0.286. The normalized spacial score (nSPS) is 13.4. The molecule has 30 heavy (non-hydrogen) atoms. The molecule has 0 saturated heterocycles. The average Bonchev–Trinajstić information content (AvgIpc) is 2.68. The Morgan fingerprint density at radius 3 is 2.00 bits per heavy atom. The molecule has 160 valence electrons. The van der Waals surface area contributed by atoms with Gasteiger partial charge in [-0.3, -0.25) is 14.4 Å². The summed E-state index contributed by atoms with van der Waals surface area (Å²) < 4.78 is 43.2. The van der Waals surface area contributed by atoms with Crippen molar-refractivity contribution < 1.29 is 32.3 Å². The number of Topliss-reactive ketones (excluding diaryl/α,β-unsaturated/α-hetero) is 2. The van der Waals surface area contributed by atoms with Crippen molar-refractivity contribution >= 4 is 23.2 Å². The molecule has 1 amide bonds. The Bertz CT molecular complexity index is 909. The van der Waals surface area contributed by atoms with Crippen LogP contribution in [0.1, 0.15) is 35.3 Å². The third kappa shape index (κ3) is 6.23. The van der Waals surface area contributed by atoms with E-state index in [1.165, 1.54) is 13.8 Å². The summed E-state index contributed by atoms with van der Waals surface area (Å²) in [5.74, 6) is -1.29. The number of halogens is 3. The summed E-state index contributed by atoms with van der Waals surface area (Å²) in [7, 11) is 0. The minimum absolute atomic E-state index is 0.0261. The maximum absolute atomic E-state index is 12.6. The van der Waals surface area contributed by atoms with Crippen LogP contribution in [-0.4, -0.2) is 29.6 Å². The summed E-state index contributed by atoms with van der Waals surface area (Å²) in [5, 5.41) is 2.58. The first kappa shape index (κ1) is 23.2. The molecule has 3 N–H and O–H groups in total. The van der Waals surface area contributed by atoms with E-state index in [-0.39, 0.29) is 23.7 Å². The molecule has 0 aliphatic carbocycles. The van der Waals surface area contributed by atoms with Gasteiger partial charge in [0, 0.05) is 11.3 Å². The molecule has 2 rings (SSSR count). The maximum atomic E-state index is 12.6. The Morgan fingerprint density at radius 2 is 1.53 bits per heavy atom. The molecule has 2 atom stereocenters. The zero-order valence-electron chi connectivity index (χ0n) is 16.3. The van der Waals surface area contributed by atoms with Gasteiger partial charge in [0.1, 0.15) is 11.9 Å². The SMILES string of the molecule is CC(=O)[C@@H](N)[C@H](OCc1ccc(NC(=O)c2ccc(C(F)(F)F)cc2)cc1)C(C)=O. The average molecular weight is 422 g/mol. The minimum Gasteiger partial charge on any atom is -0.364 e. The molecule has 0 radical (unpaired) electrons. The quantitative estimate of drug-likeness (QED) is 0.680. The van der Waals surface area contributed by atoms with Crippen molar-refractivity contribution in [2.24, 2.45) is 5.73 Å². The third-order valence-electron chi connectivity index (χ3n) is 4.31. The second-order valence-electron chi connectivity index (χ2n) is 6.70. The first-order chi connectivity index (χ1) is 14.0. The predicted octanol–water partition coefficient (Wildman–Crippen LogP) is 3.35. The number of benzene rings is 2. The molecule has 2 aromatic carbocycles. The van der Waals surface area contributed by atoms with Crippen LogP contribution in [0.25, 0.3) is 0 Å². The lowest BCUT2D eigenvalue weighted by Gasteiger charge is -2.20. The van der Waals surface area contributed by atoms with Crippen LogP contribution in [0.4, 0.5) is 18.9 Å². The van der Waals surface area contributed by atoms with Crippen LogP contribution in [0.5, 0.6) is 0 Å². The van der Waals surface area contributed by atoms with E-state index in [1.807, 2.05) is 0 Å². The van der Waals surface area contributed by atoms with Gasteiger partial charge in [0.2, 0.25) is 0 Å². The number of nitrogens with two attached hydrogens (primary N) is 1.